The van der Waals surface area contributed by atoms with Crippen LogP contribution in [0, 0.1) is 39.9 Å². The molecule has 0 heterocycles. The summed E-state index contributed by atoms with van der Waals surface area (Å²) in [4.78, 5) is 25.0. The summed E-state index contributed by atoms with van der Waals surface area (Å²) in [5, 5.41) is 0. The molecule has 3 rings (SSSR count). The van der Waals surface area contributed by atoms with E-state index in [9.17, 15) is 9.59 Å². The molecular weight excluding hydrogens is 312 g/mol. The Morgan fingerprint density at radius 1 is 1.12 bits per heavy atom. The Hall–Kier alpha value is -0.700. The van der Waals surface area contributed by atoms with Gasteiger partial charge in [-0.2, -0.15) is 0 Å². The van der Waals surface area contributed by atoms with Crippen LogP contribution in [0.4, 0.5) is 0 Å². The highest BCUT2D eigenvalue weighted by Crippen LogP contribution is 2.69. The van der Waals surface area contributed by atoms with E-state index in [1.807, 2.05) is 14.0 Å². The second kappa shape index (κ2) is 6.18. The molecule has 2 bridgehead atoms. The van der Waals surface area contributed by atoms with Gasteiger partial charge in [0.15, 0.2) is 0 Å². The summed E-state index contributed by atoms with van der Waals surface area (Å²) in [6, 6.07) is 0. The smallest absolute Gasteiger partial charge is 0.142 e. The van der Waals surface area contributed by atoms with Crippen LogP contribution < -0.4 is 0 Å². The highest BCUT2D eigenvalue weighted by Gasteiger charge is 2.66. The predicted molar refractivity (Wildman–Crippen MR) is 99.2 cm³/mol. The lowest BCUT2D eigenvalue weighted by Crippen LogP contribution is -2.60. The molecule has 0 radical (unpaired) electrons. The number of carbonyl (C=O) groups excluding carboxylic acids is 2. The van der Waals surface area contributed by atoms with Crippen molar-refractivity contribution in [2.24, 2.45) is 39.9 Å². The van der Waals surface area contributed by atoms with Gasteiger partial charge in [-0.15, -0.1) is 0 Å². The third-order valence-corrected chi connectivity index (χ3v) is 9.17. The zero-order chi connectivity index (χ0) is 18.6. The molecule has 3 aliphatic carbocycles. The van der Waals surface area contributed by atoms with Crippen molar-refractivity contribution in [1.82, 2.24) is 0 Å². The van der Waals surface area contributed by atoms with Crippen molar-refractivity contribution in [2.45, 2.75) is 79.2 Å². The van der Waals surface area contributed by atoms with Gasteiger partial charge in [0.25, 0.3) is 0 Å². The van der Waals surface area contributed by atoms with Gasteiger partial charge in [0.2, 0.25) is 0 Å². The predicted octanol–water partition coefficient (Wildman–Crippen LogP) is 4.67. The van der Waals surface area contributed by atoms with E-state index < -0.39 is 5.41 Å². The second-order valence-electron chi connectivity index (χ2n) is 9.95. The molecule has 3 unspecified atom stereocenters. The van der Waals surface area contributed by atoms with Crippen molar-refractivity contribution in [3.8, 4) is 0 Å². The van der Waals surface area contributed by atoms with Gasteiger partial charge in [0.05, 0.1) is 6.10 Å². The Morgan fingerprint density at radius 2 is 1.76 bits per heavy atom. The van der Waals surface area contributed by atoms with E-state index >= 15 is 0 Å². The number of hydrogen-bond donors (Lipinski definition) is 0. The van der Waals surface area contributed by atoms with Gasteiger partial charge in [-0.1, -0.05) is 34.6 Å². The molecule has 0 aromatic rings. The van der Waals surface area contributed by atoms with Crippen molar-refractivity contribution in [3.63, 3.8) is 0 Å². The van der Waals surface area contributed by atoms with Crippen molar-refractivity contribution < 1.29 is 14.3 Å². The highest BCUT2D eigenvalue weighted by molar-refractivity contribution is 5.89. The molecule has 3 heteroatoms. The molecule has 0 aliphatic heterocycles. The van der Waals surface area contributed by atoms with Crippen LogP contribution >= 0.6 is 0 Å². The molecule has 8 atom stereocenters. The Morgan fingerprint density at radius 3 is 2.36 bits per heavy atom. The minimum absolute atomic E-state index is 0.0157. The standard InChI is InChI=1S/C22H36O3/c1-14-7-9-22-10-8-17(25-6)18(22)21(14,5)15(2)13-20(4,11-12-23)19(24)16(22)3/h12,14-18H,7-11,13H2,1-6H3/t14-,15-,16+,17?,18?,20-,21+,22?/m1/s1. The molecule has 3 aliphatic rings. The van der Waals surface area contributed by atoms with Crippen LogP contribution in [0.25, 0.3) is 0 Å². The van der Waals surface area contributed by atoms with Gasteiger partial charge >= 0.3 is 0 Å². The maximum absolute atomic E-state index is 13.6. The van der Waals surface area contributed by atoms with E-state index in [0.29, 0.717) is 30.0 Å². The van der Waals surface area contributed by atoms with E-state index in [-0.39, 0.29) is 22.9 Å². The summed E-state index contributed by atoms with van der Waals surface area (Å²) in [7, 11) is 1.85. The summed E-state index contributed by atoms with van der Waals surface area (Å²) in [5.74, 6) is 1.82. The van der Waals surface area contributed by atoms with E-state index in [1.165, 1.54) is 6.42 Å². The van der Waals surface area contributed by atoms with Gasteiger partial charge in [-0.05, 0) is 60.7 Å². The molecule has 0 aromatic carbocycles. The van der Waals surface area contributed by atoms with Gasteiger partial charge in [0, 0.05) is 24.9 Å². The first kappa shape index (κ1) is 19.1. The average molecular weight is 349 g/mol. The minimum Gasteiger partial charge on any atom is -0.381 e. The van der Waals surface area contributed by atoms with Crippen LogP contribution in [0.1, 0.15) is 73.1 Å². The molecule has 0 N–H and O–H groups in total. The lowest BCUT2D eigenvalue weighted by Gasteiger charge is -2.62. The summed E-state index contributed by atoms with van der Waals surface area (Å²) in [6.45, 7) is 11.4. The third kappa shape index (κ3) is 2.40. The molecular formula is C22H36O3. The van der Waals surface area contributed by atoms with E-state index in [2.05, 4.69) is 27.7 Å². The quantitative estimate of drug-likeness (QED) is 0.696. The summed E-state index contributed by atoms with van der Waals surface area (Å²) in [6.07, 6.45) is 6.90. The Kier molecular flexibility index (Phi) is 4.71. The Balaban J connectivity index is 2.18. The van der Waals surface area contributed by atoms with Crippen molar-refractivity contribution in [1.29, 1.82) is 0 Å². The van der Waals surface area contributed by atoms with Crippen LogP contribution in [0.3, 0.4) is 0 Å². The number of ether oxygens (including phenoxy) is 1. The Labute approximate surface area is 153 Å². The van der Waals surface area contributed by atoms with E-state index in [4.69, 9.17) is 4.74 Å². The largest absolute Gasteiger partial charge is 0.381 e. The molecule has 0 amide bonds. The lowest BCUT2D eigenvalue weighted by atomic mass is 9.42. The van der Waals surface area contributed by atoms with Gasteiger partial charge < -0.3 is 9.53 Å². The molecule has 3 fully saturated rings. The fourth-order valence-electron chi connectivity index (χ4n) is 7.40. The zero-order valence-electron chi connectivity index (χ0n) is 16.9. The normalized spacial score (nSPS) is 53.0. The SMILES string of the molecule is COC1CCC23CC[C@@H](C)[C@](C)(C12)[C@H](C)C[C@@](C)(CC=O)C(=O)[C@@H]3C. The number of carbonyl (C=O) groups is 2. The molecule has 142 valence electrons. The topological polar surface area (TPSA) is 43.4 Å². The van der Waals surface area contributed by atoms with Gasteiger partial charge in [-0.3, -0.25) is 4.79 Å². The molecule has 0 saturated heterocycles. The number of rotatable bonds is 3. The average Bonchev–Trinajstić information content (AvgIpc) is 2.97. The number of methoxy groups -OCH3 is 1. The first-order valence-corrected chi connectivity index (χ1v) is 10.2. The van der Waals surface area contributed by atoms with Crippen LogP contribution in [0.2, 0.25) is 0 Å². The van der Waals surface area contributed by atoms with Crippen molar-refractivity contribution in [3.05, 3.63) is 0 Å². The summed E-state index contributed by atoms with van der Waals surface area (Å²) in [5.41, 5.74) is -0.297. The Bertz CT molecular complexity index is 557. The maximum atomic E-state index is 13.6. The number of hydrogen-bond acceptors (Lipinski definition) is 3. The summed E-state index contributed by atoms with van der Waals surface area (Å²) < 4.78 is 5.99. The fourth-order valence-corrected chi connectivity index (χ4v) is 7.40. The van der Waals surface area contributed by atoms with Gasteiger partial charge in [0.1, 0.15) is 12.1 Å². The molecule has 0 aromatic heterocycles. The minimum atomic E-state index is -0.512. The zero-order valence-corrected chi connectivity index (χ0v) is 16.9. The fraction of sp³-hybridized carbons (Fsp3) is 0.909. The second-order valence-corrected chi connectivity index (χ2v) is 9.95. The molecule has 3 saturated carbocycles. The summed E-state index contributed by atoms with van der Waals surface area (Å²) >= 11 is 0. The molecule has 3 nitrogen and oxygen atoms in total. The van der Waals surface area contributed by atoms with Crippen molar-refractivity contribution >= 4 is 12.1 Å². The van der Waals surface area contributed by atoms with Crippen LogP contribution in [0.15, 0.2) is 0 Å². The monoisotopic (exact) mass is 348 g/mol. The van der Waals surface area contributed by atoms with E-state index in [1.54, 1.807) is 0 Å². The van der Waals surface area contributed by atoms with Crippen LogP contribution in [-0.2, 0) is 14.3 Å². The third-order valence-electron chi connectivity index (χ3n) is 9.17. The maximum Gasteiger partial charge on any atom is 0.142 e. The first-order valence-electron chi connectivity index (χ1n) is 10.2. The number of aldehydes is 1. The molecule has 25 heavy (non-hydrogen) atoms. The lowest BCUT2D eigenvalue weighted by molar-refractivity contribution is -0.175. The van der Waals surface area contributed by atoms with Crippen molar-refractivity contribution in [2.75, 3.05) is 7.11 Å². The number of Topliss-reactive ketones (excluding diaryl/α,β-unsaturated/α-hetero) is 1. The first-order chi connectivity index (χ1) is 11.7. The van der Waals surface area contributed by atoms with Crippen LogP contribution in [0.5, 0.6) is 0 Å². The highest BCUT2D eigenvalue weighted by atomic mass is 16.5. The van der Waals surface area contributed by atoms with Gasteiger partial charge in [-0.25, -0.2) is 0 Å². The van der Waals surface area contributed by atoms with Crippen LogP contribution in [-0.4, -0.2) is 25.3 Å². The molecule has 0 spiro atoms. The van der Waals surface area contributed by atoms with E-state index in [0.717, 1.165) is 32.0 Å². The number of ketones is 1.